The molecule has 1 heterocycles. The Labute approximate surface area is 142 Å². The Morgan fingerprint density at radius 2 is 1.96 bits per heavy atom. The second-order valence-electron chi connectivity index (χ2n) is 5.62. The van der Waals surface area contributed by atoms with Crippen LogP contribution in [0.15, 0.2) is 24.3 Å². The number of ether oxygens (including phenoxy) is 2. The van der Waals surface area contributed by atoms with E-state index in [0.29, 0.717) is 57.1 Å². The molecule has 0 aromatic heterocycles. The van der Waals surface area contributed by atoms with Crippen molar-refractivity contribution in [2.45, 2.75) is 19.8 Å². The fourth-order valence-corrected chi connectivity index (χ4v) is 2.76. The summed E-state index contributed by atoms with van der Waals surface area (Å²) >= 11 is 0. The van der Waals surface area contributed by atoms with Crippen LogP contribution in [0.3, 0.4) is 0 Å². The lowest BCUT2D eigenvalue weighted by atomic mass is 9.95. The van der Waals surface area contributed by atoms with Gasteiger partial charge in [-0.05, 0) is 31.9 Å². The largest absolute Gasteiger partial charge is 0.490 e. The lowest BCUT2D eigenvalue weighted by Crippen LogP contribution is -2.44. The number of nitrogens with two attached hydrogens (primary N) is 1. The lowest BCUT2D eigenvalue weighted by molar-refractivity contribution is -0.126. The number of carbonyl (C=O) groups excluding carboxylic acids is 2. The monoisotopic (exact) mass is 335 g/mol. The number of para-hydroxylation sites is 1. The van der Waals surface area contributed by atoms with Crippen LogP contribution in [-0.4, -0.2) is 49.6 Å². The van der Waals surface area contributed by atoms with E-state index in [-0.39, 0.29) is 17.7 Å². The van der Waals surface area contributed by atoms with Crippen molar-refractivity contribution in [2.75, 3.05) is 32.9 Å². The number of carbonyl (C=O) groups is 2. The van der Waals surface area contributed by atoms with Crippen molar-refractivity contribution in [1.29, 1.82) is 0 Å². The summed E-state index contributed by atoms with van der Waals surface area (Å²) in [5.41, 5.74) is 2.72. The molecule has 7 heteroatoms. The molecule has 0 radical (unpaired) electrons. The topological polar surface area (TPSA) is 93.9 Å². The second kappa shape index (κ2) is 9.24. The first-order chi connectivity index (χ1) is 11.7. The van der Waals surface area contributed by atoms with E-state index in [2.05, 4.69) is 5.43 Å². The van der Waals surface area contributed by atoms with Crippen LogP contribution in [0, 0.1) is 5.92 Å². The molecule has 0 spiro atoms. The van der Waals surface area contributed by atoms with Gasteiger partial charge in [-0.2, -0.15) is 0 Å². The molecule has 1 aromatic rings. The van der Waals surface area contributed by atoms with Gasteiger partial charge in [-0.25, -0.2) is 5.84 Å². The molecular formula is C17H25N3O4. The quantitative estimate of drug-likeness (QED) is 0.335. The Morgan fingerprint density at radius 1 is 1.25 bits per heavy atom. The highest BCUT2D eigenvalue weighted by Gasteiger charge is 2.28. The molecule has 1 aromatic carbocycles. The van der Waals surface area contributed by atoms with Gasteiger partial charge in [0.05, 0.1) is 12.2 Å². The summed E-state index contributed by atoms with van der Waals surface area (Å²) in [5.74, 6) is 5.36. The normalized spacial score (nSPS) is 15.2. The fourth-order valence-electron chi connectivity index (χ4n) is 2.76. The number of nitrogens with one attached hydrogen (secondary N) is 1. The third-order valence-electron chi connectivity index (χ3n) is 4.10. The molecule has 1 saturated heterocycles. The molecule has 0 atom stereocenters. The van der Waals surface area contributed by atoms with Crippen LogP contribution in [0.5, 0.6) is 5.75 Å². The van der Waals surface area contributed by atoms with E-state index >= 15 is 0 Å². The molecule has 2 amide bonds. The highest BCUT2D eigenvalue weighted by Crippen LogP contribution is 2.23. The zero-order chi connectivity index (χ0) is 17.4. The van der Waals surface area contributed by atoms with Crippen LogP contribution in [0.25, 0.3) is 0 Å². The first-order valence-electron chi connectivity index (χ1n) is 8.26. The van der Waals surface area contributed by atoms with Crippen molar-refractivity contribution in [3.63, 3.8) is 0 Å². The van der Waals surface area contributed by atoms with Crippen LogP contribution < -0.4 is 16.0 Å². The summed E-state index contributed by atoms with van der Waals surface area (Å²) in [4.78, 5) is 26.1. The van der Waals surface area contributed by atoms with Gasteiger partial charge in [-0.3, -0.25) is 15.0 Å². The number of hydrogen-bond acceptors (Lipinski definition) is 5. The number of nitrogens with zero attached hydrogens (tertiary/aromatic N) is 1. The molecule has 24 heavy (non-hydrogen) atoms. The maximum Gasteiger partial charge on any atom is 0.257 e. The Morgan fingerprint density at radius 3 is 2.62 bits per heavy atom. The van der Waals surface area contributed by atoms with Crippen molar-refractivity contribution in [1.82, 2.24) is 10.3 Å². The van der Waals surface area contributed by atoms with Crippen molar-refractivity contribution >= 4 is 11.8 Å². The standard InChI is InChI=1S/C17H25N3O4/c1-2-23-11-12-24-15-6-4-3-5-14(15)17(22)20-9-7-13(8-10-20)16(21)19-18/h3-6,13H,2,7-12,18H2,1H3,(H,19,21). The van der Waals surface area contributed by atoms with Crippen LogP contribution in [0.2, 0.25) is 0 Å². The number of hydrogen-bond donors (Lipinski definition) is 2. The first-order valence-corrected chi connectivity index (χ1v) is 8.26. The molecule has 1 aliphatic heterocycles. The average Bonchev–Trinajstić information content (AvgIpc) is 2.64. The van der Waals surface area contributed by atoms with E-state index in [4.69, 9.17) is 15.3 Å². The Hall–Kier alpha value is -2.12. The van der Waals surface area contributed by atoms with Gasteiger partial charge in [-0.1, -0.05) is 12.1 Å². The van der Waals surface area contributed by atoms with E-state index in [1.54, 1.807) is 17.0 Å². The number of piperidine rings is 1. The Kier molecular flexibility index (Phi) is 7.02. The van der Waals surface area contributed by atoms with E-state index in [9.17, 15) is 9.59 Å². The highest BCUT2D eigenvalue weighted by molar-refractivity contribution is 5.97. The summed E-state index contributed by atoms with van der Waals surface area (Å²) in [6.07, 6.45) is 1.23. The SMILES string of the molecule is CCOCCOc1ccccc1C(=O)N1CCC(C(=O)NN)CC1. The number of amides is 2. The highest BCUT2D eigenvalue weighted by atomic mass is 16.5. The minimum Gasteiger partial charge on any atom is -0.490 e. The molecule has 0 bridgehead atoms. The third kappa shape index (κ3) is 4.69. The molecule has 0 aliphatic carbocycles. The van der Waals surface area contributed by atoms with Crippen molar-refractivity contribution < 1.29 is 19.1 Å². The molecule has 7 nitrogen and oxygen atoms in total. The molecule has 0 saturated carbocycles. The Bertz CT molecular complexity index is 557. The fraction of sp³-hybridized carbons (Fsp3) is 0.529. The molecule has 1 aliphatic rings. The maximum atomic E-state index is 12.7. The number of likely N-dealkylation sites (tertiary alicyclic amines) is 1. The van der Waals surface area contributed by atoms with E-state index < -0.39 is 0 Å². The van der Waals surface area contributed by atoms with Gasteiger partial charge in [0.2, 0.25) is 5.91 Å². The van der Waals surface area contributed by atoms with Gasteiger partial charge in [-0.15, -0.1) is 0 Å². The third-order valence-corrected chi connectivity index (χ3v) is 4.10. The van der Waals surface area contributed by atoms with Gasteiger partial charge in [0.15, 0.2) is 0 Å². The zero-order valence-corrected chi connectivity index (χ0v) is 14.0. The first kappa shape index (κ1) is 18.2. The van der Waals surface area contributed by atoms with Crippen LogP contribution in [0.1, 0.15) is 30.1 Å². The molecule has 1 fully saturated rings. The number of rotatable bonds is 7. The number of benzene rings is 1. The van der Waals surface area contributed by atoms with Gasteiger partial charge < -0.3 is 14.4 Å². The van der Waals surface area contributed by atoms with E-state index in [0.717, 1.165) is 0 Å². The number of hydrazine groups is 1. The molecular weight excluding hydrogens is 310 g/mol. The summed E-state index contributed by atoms with van der Waals surface area (Å²) in [6, 6.07) is 7.20. The van der Waals surface area contributed by atoms with Crippen molar-refractivity contribution in [3.8, 4) is 5.75 Å². The summed E-state index contributed by atoms with van der Waals surface area (Å²) in [7, 11) is 0. The van der Waals surface area contributed by atoms with Crippen LogP contribution in [-0.2, 0) is 9.53 Å². The van der Waals surface area contributed by atoms with Crippen molar-refractivity contribution in [3.05, 3.63) is 29.8 Å². The summed E-state index contributed by atoms with van der Waals surface area (Å²) < 4.78 is 10.9. The molecule has 132 valence electrons. The molecule has 3 N–H and O–H groups in total. The summed E-state index contributed by atoms with van der Waals surface area (Å²) in [6.45, 7) is 4.51. The average molecular weight is 335 g/mol. The van der Waals surface area contributed by atoms with Gasteiger partial charge >= 0.3 is 0 Å². The van der Waals surface area contributed by atoms with Crippen LogP contribution >= 0.6 is 0 Å². The summed E-state index contributed by atoms with van der Waals surface area (Å²) in [5, 5.41) is 0. The predicted octanol–water partition coefficient (Wildman–Crippen LogP) is 0.944. The van der Waals surface area contributed by atoms with Gasteiger partial charge in [0.25, 0.3) is 5.91 Å². The second-order valence-corrected chi connectivity index (χ2v) is 5.62. The Balaban J connectivity index is 1.96. The van der Waals surface area contributed by atoms with Gasteiger partial charge in [0, 0.05) is 25.6 Å². The smallest absolute Gasteiger partial charge is 0.257 e. The molecule has 2 rings (SSSR count). The maximum absolute atomic E-state index is 12.7. The molecule has 0 unspecified atom stereocenters. The van der Waals surface area contributed by atoms with Gasteiger partial charge in [0.1, 0.15) is 12.4 Å². The predicted molar refractivity (Wildman–Crippen MR) is 89.4 cm³/mol. The van der Waals surface area contributed by atoms with Crippen molar-refractivity contribution in [2.24, 2.45) is 11.8 Å². The minimum absolute atomic E-state index is 0.0754. The van der Waals surface area contributed by atoms with E-state index in [1.165, 1.54) is 0 Å². The van der Waals surface area contributed by atoms with Crippen LogP contribution in [0.4, 0.5) is 0 Å². The lowest BCUT2D eigenvalue weighted by Gasteiger charge is -2.31. The minimum atomic E-state index is -0.165. The van der Waals surface area contributed by atoms with E-state index in [1.807, 2.05) is 19.1 Å². The zero-order valence-electron chi connectivity index (χ0n) is 14.0.